The molecule has 0 spiro atoms. The molecule has 0 saturated heterocycles. The molecule has 1 rings (SSSR count). The van der Waals surface area contributed by atoms with Crippen molar-refractivity contribution in [1.29, 1.82) is 0 Å². The Hall–Kier alpha value is -0.850. The van der Waals surface area contributed by atoms with Crippen molar-refractivity contribution in [3.8, 4) is 0 Å². The number of hydrogen-bond acceptors (Lipinski definition) is 4. The Bertz CT molecular complexity index is 454. The van der Waals surface area contributed by atoms with Crippen LogP contribution in [0.1, 0.15) is 24.7 Å². The van der Waals surface area contributed by atoms with Crippen molar-refractivity contribution in [1.82, 2.24) is 9.62 Å². The molecule has 0 aliphatic heterocycles. The highest BCUT2D eigenvalue weighted by molar-refractivity contribution is 7.89. The zero-order chi connectivity index (χ0) is 13.6. The van der Waals surface area contributed by atoms with E-state index in [2.05, 4.69) is 5.32 Å². The molecule has 0 amide bonds. The molecule has 0 aliphatic rings. The average molecular weight is 274 g/mol. The Labute approximate surface area is 109 Å². The molecule has 1 N–H and O–H groups in total. The van der Waals surface area contributed by atoms with Gasteiger partial charge in [0, 0.05) is 19.2 Å². The standard InChI is InChI=1S/C12H22N2O3S/c1-4-13-7-5-9-18(15,16)14(3)10-12-6-8-17-11(12)2/h6,8,13H,4-5,7,9-10H2,1-3H3. The third-order valence-electron chi connectivity index (χ3n) is 2.84. The lowest BCUT2D eigenvalue weighted by Crippen LogP contribution is -2.30. The van der Waals surface area contributed by atoms with Crippen LogP contribution < -0.4 is 5.32 Å². The first-order chi connectivity index (χ1) is 8.47. The Balaban J connectivity index is 2.49. The van der Waals surface area contributed by atoms with E-state index in [4.69, 9.17) is 4.42 Å². The predicted molar refractivity (Wildman–Crippen MR) is 71.9 cm³/mol. The Kier molecular flexibility index (Phi) is 5.84. The molecule has 1 aromatic heterocycles. The van der Waals surface area contributed by atoms with Crippen LogP contribution in [0.4, 0.5) is 0 Å². The Morgan fingerprint density at radius 1 is 1.44 bits per heavy atom. The van der Waals surface area contributed by atoms with Crippen LogP contribution in [0.25, 0.3) is 0 Å². The first kappa shape index (κ1) is 15.2. The SMILES string of the molecule is CCNCCCS(=O)(=O)N(C)Cc1ccoc1C. The zero-order valence-corrected chi connectivity index (χ0v) is 12.1. The van der Waals surface area contributed by atoms with Crippen molar-refractivity contribution in [2.45, 2.75) is 26.8 Å². The van der Waals surface area contributed by atoms with Crippen molar-refractivity contribution in [2.75, 3.05) is 25.9 Å². The molecule has 104 valence electrons. The van der Waals surface area contributed by atoms with Crippen LogP contribution in [0.2, 0.25) is 0 Å². The summed E-state index contributed by atoms with van der Waals surface area (Å²) in [5, 5.41) is 3.12. The molecule has 0 bridgehead atoms. The molecule has 0 fully saturated rings. The Morgan fingerprint density at radius 2 is 2.17 bits per heavy atom. The van der Waals surface area contributed by atoms with Crippen molar-refractivity contribution in [2.24, 2.45) is 0 Å². The number of nitrogens with one attached hydrogen (secondary N) is 1. The lowest BCUT2D eigenvalue weighted by atomic mass is 10.3. The lowest BCUT2D eigenvalue weighted by Gasteiger charge is -2.16. The van der Waals surface area contributed by atoms with Gasteiger partial charge in [-0.05, 0) is 32.5 Å². The molecule has 0 aliphatic carbocycles. The first-order valence-corrected chi connectivity index (χ1v) is 7.76. The van der Waals surface area contributed by atoms with Crippen LogP contribution >= 0.6 is 0 Å². The zero-order valence-electron chi connectivity index (χ0n) is 11.3. The van der Waals surface area contributed by atoms with Crippen LogP contribution in [0.5, 0.6) is 0 Å². The largest absolute Gasteiger partial charge is 0.469 e. The van der Waals surface area contributed by atoms with E-state index in [0.717, 1.165) is 24.4 Å². The summed E-state index contributed by atoms with van der Waals surface area (Å²) in [5.74, 6) is 0.942. The van der Waals surface area contributed by atoms with Gasteiger partial charge in [0.05, 0.1) is 12.0 Å². The van der Waals surface area contributed by atoms with E-state index in [0.29, 0.717) is 13.0 Å². The van der Waals surface area contributed by atoms with Gasteiger partial charge in [0.1, 0.15) is 5.76 Å². The fourth-order valence-electron chi connectivity index (χ4n) is 1.63. The van der Waals surface area contributed by atoms with Gasteiger partial charge in [0.2, 0.25) is 10.0 Å². The number of sulfonamides is 1. The Morgan fingerprint density at radius 3 is 2.72 bits per heavy atom. The number of furan rings is 1. The van der Waals surface area contributed by atoms with Crippen LogP contribution in [0.3, 0.4) is 0 Å². The first-order valence-electron chi connectivity index (χ1n) is 6.15. The smallest absolute Gasteiger partial charge is 0.214 e. The molecule has 0 radical (unpaired) electrons. The molecular formula is C12H22N2O3S. The van der Waals surface area contributed by atoms with Gasteiger partial charge in [0.15, 0.2) is 0 Å². The highest BCUT2D eigenvalue weighted by atomic mass is 32.2. The second-order valence-corrected chi connectivity index (χ2v) is 6.48. The fourth-order valence-corrected chi connectivity index (χ4v) is 2.78. The maximum absolute atomic E-state index is 12.0. The monoisotopic (exact) mass is 274 g/mol. The fraction of sp³-hybridized carbons (Fsp3) is 0.667. The molecule has 5 nitrogen and oxygen atoms in total. The highest BCUT2D eigenvalue weighted by Crippen LogP contribution is 2.13. The van der Waals surface area contributed by atoms with Crippen LogP contribution in [-0.2, 0) is 16.6 Å². The second kappa shape index (κ2) is 6.92. The summed E-state index contributed by atoms with van der Waals surface area (Å²) in [6.07, 6.45) is 2.21. The summed E-state index contributed by atoms with van der Waals surface area (Å²) in [5.41, 5.74) is 0.910. The van der Waals surface area contributed by atoms with E-state index < -0.39 is 10.0 Å². The van der Waals surface area contributed by atoms with E-state index in [1.54, 1.807) is 19.4 Å². The summed E-state index contributed by atoms with van der Waals surface area (Å²) >= 11 is 0. The van der Waals surface area contributed by atoms with E-state index in [-0.39, 0.29) is 5.75 Å². The highest BCUT2D eigenvalue weighted by Gasteiger charge is 2.18. The number of nitrogens with zero attached hydrogens (tertiary/aromatic N) is 1. The van der Waals surface area contributed by atoms with Crippen LogP contribution in [0.15, 0.2) is 16.7 Å². The molecule has 0 saturated carbocycles. The van der Waals surface area contributed by atoms with Crippen molar-refractivity contribution >= 4 is 10.0 Å². The van der Waals surface area contributed by atoms with Crippen molar-refractivity contribution < 1.29 is 12.8 Å². The molecule has 6 heteroatoms. The van der Waals surface area contributed by atoms with Crippen molar-refractivity contribution in [3.63, 3.8) is 0 Å². The van der Waals surface area contributed by atoms with Crippen LogP contribution in [-0.4, -0.2) is 38.6 Å². The summed E-state index contributed by atoms with van der Waals surface area (Å²) in [6, 6.07) is 1.81. The topological polar surface area (TPSA) is 62.6 Å². The number of aryl methyl sites for hydroxylation is 1. The molecule has 18 heavy (non-hydrogen) atoms. The molecule has 0 aromatic carbocycles. The average Bonchev–Trinajstić information content (AvgIpc) is 2.71. The van der Waals surface area contributed by atoms with Gasteiger partial charge in [-0.25, -0.2) is 12.7 Å². The van der Waals surface area contributed by atoms with Gasteiger partial charge in [0.25, 0.3) is 0 Å². The maximum Gasteiger partial charge on any atom is 0.214 e. The third-order valence-corrected chi connectivity index (χ3v) is 4.72. The molecule has 1 aromatic rings. The third kappa shape index (κ3) is 4.44. The predicted octanol–water partition coefficient (Wildman–Crippen LogP) is 1.35. The minimum absolute atomic E-state index is 0.174. The van der Waals surface area contributed by atoms with Crippen LogP contribution in [0, 0.1) is 6.92 Å². The minimum Gasteiger partial charge on any atom is -0.469 e. The molecular weight excluding hydrogens is 252 g/mol. The number of rotatable bonds is 8. The van der Waals surface area contributed by atoms with Gasteiger partial charge in [-0.3, -0.25) is 0 Å². The minimum atomic E-state index is -3.18. The quantitative estimate of drug-likeness (QED) is 0.727. The van der Waals surface area contributed by atoms with Crippen molar-refractivity contribution in [3.05, 3.63) is 23.7 Å². The van der Waals surface area contributed by atoms with Gasteiger partial charge < -0.3 is 9.73 Å². The van der Waals surface area contributed by atoms with E-state index in [9.17, 15) is 8.42 Å². The van der Waals surface area contributed by atoms with Gasteiger partial charge in [-0.1, -0.05) is 6.92 Å². The normalized spacial score (nSPS) is 12.2. The van der Waals surface area contributed by atoms with E-state index in [1.807, 2.05) is 13.8 Å². The summed E-state index contributed by atoms with van der Waals surface area (Å²) in [4.78, 5) is 0. The number of hydrogen-bond donors (Lipinski definition) is 1. The van der Waals surface area contributed by atoms with Gasteiger partial charge in [-0.15, -0.1) is 0 Å². The lowest BCUT2D eigenvalue weighted by molar-refractivity contribution is 0.457. The summed E-state index contributed by atoms with van der Waals surface area (Å²) in [6.45, 7) is 5.80. The maximum atomic E-state index is 12.0. The molecule has 0 atom stereocenters. The second-order valence-electron chi connectivity index (χ2n) is 4.28. The summed E-state index contributed by atoms with van der Waals surface area (Å²) in [7, 11) is -1.58. The molecule has 1 heterocycles. The van der Waals surface area contributed by atoms with E-state index in [1.165, 1.54) is 4.31 Å². The summed E-state index contributed by atoms with van der Waals surface area (Å²) < 4.78 is 30.5. The van der Waals surface area contributed by atoms with E-state index >= 15 is 0 Å². The molecule has 0 unspecified atom stereocenters. The van der Waals surface area contributed by atoms with Gasteiger partial charge >= 0.3 is 0 Å². The van der Waals surface area contributed by atoms with Gasteiger partial charge in [-0.2, -0.15) is 0 Å².